The van der Waals surface area contributed by atoms with E-state index in [9.17, 15) is 4.39 Å². The van der Waals surface area contributed by atoms with E-state index >= 15 is 0 Å². The van der Waals surface area contributed by atoms with Crippen LogP contribution in [0.2, 0.25) is 0 Å². The molecule has 2 aromatic rings. The minimum absolute atomic E-state index is 0.181. The highest BCUT2D eigenvalue weighted by molar-refractivity contribution is 14.1. The molecular formula is C11H7FIN. The molecule has 0 aliphatic carbocycles. The molecule has 0 saturated heterocycles. The van der Waals surface area contributed by atoms with Crippen LogP contribution in [0.15, 0.2) is 42.7 Å². The minimum Gasteiger partial charge on any atom is -0.265 e. The normalized spacial score (nSPS) is 10.1. The molecule has 0 unspecified atom stereocenters. The predicted octanol–water partition coefficient (Wildman–Crippen LogP) is 3.49. The van der Waals surface area contributed by atoms with Crippen molar-refractivity contribution in [3.8, 4) is 11.1 Å². The Morgan fingerprint density at radius 2 is 1.79 bits per heavy atom. The zero-order chi connectivity index (χ0) is 9.97. The van der Waals surface area contributed by atoms with Crippen molar-refractivity contribution in [3.05, 3.63) is 52.1 Å². The third-order valence-electron chi connectivity index (χ3n) is 1.94. The molecule has 70 valence electrons. The molecule has 0 amide bonds. The van der Waals surface area contributed by atoms with E-state index in [1.807, 2.05) is 40.8 Å². The Balaban J connectivity index is 2.58. The van der Waals surface area contributed by atoms with E-state index in [4.69, 9.17) is 0 Å². The van der Waals surface area contributed by atoms with Crippen LogP contribution in [0.3, 0.4) is 0 Å². The van der Waals surface area contributed by atoms with Gasteiger partial charge in [0.15, 0.2) is 0 Å². The number of aromatic nitrogens is 1. The van der Waals surface area contributed by atoms with Gasteiger partial charge in [0.1, 0.15) is 5.82 Å². The third-order valence-corrected chi connectivity index (χ3v) is 3.04. The Bertz CT molecular complexity index is 442. The standard InChI is InChI=1S/C11H7FIN/c12-10-3-1-2-9(11(10)13)8-4-6-14-7-5-8/h1-7H. The molecule has 0 atom stereocenters. The Kier molecular flexibility index (Phi) is 2.77. The van der Waals surface area contributed by atoms with E-state index in [0.717, 1.165) is 11.1 Å². The summed E-state index contributed by atoms with van der Waals surface area (Å²) in [5.74, 6) is -0.181. The van der Waals surface area contributed by atoms with E-state index in [1.54, 1.807) is 18.5 Å². The van der Waals surface area contributed by atoms with Gasteiger partial charge in [-0.15, -0.1) is 0 Å². The topological polar surface area (TPSA) is 12.9 Å². The summed E-state index contributed by atoms with van der Waals surface area (Å²) in [6.07, 6.45) is 3.41. The van der Waals surface area contributed by atoms with Gasteiger partial charge in [-0.1, -0.05) is 12.1 Å². The molecule has 14 heavy (non-hydrogen) atoms. The highest BCUT2D eigenvalue weighted by Gasteiger charge is 2.05. The van der Waals surface area contributed by atoms with Gasteiger partial charge in [0.2, 0.25) is 0 Å². The maximum Gasteiger partial charge on any atom is 0.137 e. The van der Waals surface area contributed by atoms with Crippen LogP contribution in [0.4, 0.5) is 4.39 Å². The maximum atomic E-state index is 13.2. The number of nitrogens with zero attached hydrogens (tertiary/aromatic N) is 1. The number of halogens is 2. The first-order valence-corrected chi connectivity index (χ1v) is 5.21. The summed E-state index contributed by atoms with van der Waals surface area (Å²) in [7, 11) is 0. The summed E-state index contributed by atoms with van der Waals surface area (Å²) in [5.41, 5.74) is 1.90. The average Bonchev–Trinajstić information content (AvgIpc) is 2.23. The van der Waals surface area contributed by atoms with Crippen molar-refractivity contribution in [1.82, 2.24) is 4.98 Å². The highest BCUT2D eigenvalue weighted by atomic mass is 127. The number of pyridine rings is 1. The Morgan fingerprint density at radius 1 is 1.07 bits per heavy atom. The van der Waals surface area contributed by atoms with Crippen LogP contribution in [0.1, 0.15) is 0 Å². The number of hydrogen-bond acceptors (Lipinski definition) is 1. The maximum absolute atomic E-state index is 13.2. The summed E-state index contributed by atoms with van der Waals surface area (Å²) in [4.78, 5) is 3.93. The zero-order valence-electron chi connectivity index (χ0n) is 7.24. The molecule has 0 saturated carbocycles. The molecule has 2 rings (SSSR count). The molecule has 1 aromatic heterocycles. The number of rotatable bonds is 1. The fourth-order valence-electron chi connectivity index (χ4n) is 1.26. The molecule has 0 radical (unpaired) electrons. The van der Waals surface area contributed by atoms with E-state index in [1.165, 1.54) is 6.07 Å². The Hall–Kier alpha value is -0.970. The van der Waals surface area contributed by atoms with Gasteiger partial charge in [0, 0.05) is 12.4 Å². The fourth-order valence-corrected chi connectivity index (χ4v) is 1.93. The van der Waals surface area contributed by atoms with Gasteiger partial charge in [0.25, 0.3) is 0 Å². The molecule has 0 N–H and O–H groups in total. The monoisotopic (exact) mass is 299 g/mol. The SMILES string of the molecule is Fc1cccc(-c2ccncc2)c1I. The lowest BCUT2D eigenvalue weighted by atomic mass is 10.1. The molecule has 0 spiro atoms. The van der Waals surface area contributed by atoms with Crippen LogP contribution in [0.25, 0.3) is 11.1 Å². The average molecular weight is 299 g/mol. The van der Waals surface area contributed by atoms with Crippen LogP contribution in [0.5, 0.6) is 0 Å². The van der Waals surface area contributed by atoms with E-state index < -0.39 is 0 Å². The van der Waals surface area contributed by atoms with E-state index in [0.29, 0.717) is 3.57 Å². The summed E-state index contributed by atoms with van der Waals surface area (Å²) < 4.78 is 13.9. The van der Waals surface area contributed by atoms with Gasteiger partial charge < -0.3 is 0 Å². The highest BCUT2D eigenvalue weighted by Crippen LogP contribution is 2.26. The van der Waals surface area contributed by atoms with E-state index in [2.05, 4.69) is 4.98 Å². The Morgan fingerprint density at radius 3 is 2.50 bits per heavy atom. The molecule has 1 aromatic carbocycles. The number of hydrogen-bond donors (Lipinski definition) is 0. The summed E-state index contributed by atoms with van der Waals surface area (Å²) >= 11 is 2.01. The van der Waals surface area contributed by atoms with Crippen LogP contribution in [0, 0.1) is 9.39 Å². The third kappa shape index (κ3) is 1.77. The van der Waals surface area contributed by atoms with Crippen molar-refractivity contribution in [1.29, 1.82) is 0 Å². The molecule has 3 heteroatoms. The first kappa shape index (κ1) is 9.58. The van der Waals surface area contributed by atoms with Gasteiger partial charge in [0.05, 0.1) is 3.57 Å². The molecule has 0 aliphatic heterocycles. The summed E-state index contributed by atoms with van der Waals surface area (Å²) in [6.45, 7) is 0. The van der Waals surface area contributed by atoms with Crippen LogP contribution >= 0.6 is 22.6 Å². The van der Waals surface area contributed by atoms with Gasteiger partial charge in [-0.2, -0.15) is 0 Å². The van der Waals surface area contributed by atoms with Crippen molar-refractivity contribution in [2.24, 2.45) is 0 Å². The van der Waals surface area contributed by atoms with Crippen LogP contribution < -0.4 is 0 Å². The predicted molar refractivity (Wildman–Crippen MR) is 62.3 cm³/mol. The van der Waals surface area contributed by atoms with Crippen LogP contribution in [-0.4, -0.2) is 4.98 Å². The summed E-state index contributed by atoms with van der Waals surface area (Å²) in [6, 6.07) is 8.83. The molecule has 1 heterocycles. The first-order valence-electron chi connectivity index (χ1n) is 4.13. The van der Waals surface area contributed by atoms with Gasteiger partial charge in [-0.3, -0.25) is 4.98 Å². The molecule has 0 aliphatic rings. The van der Waals surface area contributed by atoms with Gasteiger partial charge in [-0.05, 0) is 51.9 Å². The largest absolute Gasteiger partial charge is 0.265 e. The quantitative estimate of drug-likeness (QED) is 0.735. The minimum atomic E-state index is -0.181. The number of benzene rings is 1. The van der Waals surface area contributed by atoms with Crippen molar-refractivity contribution in [2.45, 2.75) is 0 Å². The Labute approximate surface area is 95.1 Å². The lowest BCUT2D eigenvalue weighted by Crippen LogP contribution is -1.87. The van der Waals surface area contributed by atoms with Gasteiger partial charge >= 0.3 is 0 Å². The van der Waals surface area contributed by atoms with E-state index in [-0.39, 0.29) is 5.82 Å². The lowest BCUT2D eigenvalue weighted by Gasteiger charge is -2.04. The van der Waals surface area contributed by atoms with Crippen LogP contribution in [-0.2, 0) is 0 Å². The van der Waals surface area contributed by atoms with Gasteiger partial charge in [-0.25, -0.2) is 4.39 Å². The fraction of sp³-hybridized carbons (Fsp3) is 0. The zero-order valence-corrected chi connectivity index (χ0v) is 9.40. The first-order chi connectivity index (χ1) is 6.79. The smallest absolute Gasteiger partial charge is 0.137 e. The second kappa shape index (κ2) is 4.04. The molecule has 1 nitrogen and oxygen atoms in total. The molecule has 0 fully saturated rings. The van der Waals surface area contributed by atoms with Crippen molar-refractivity contribution < 1.29 is 4.39 Å². The lowest BCUT2D eigenvalue weighted by molar-refractivity contribution is 0.621. The van der Waals surface area contributed by atoms with Crippen molar-refractivity contribution >= 4 is 22.6 Å². The van der Waals surface area contributed by atoms with Crippen molar-refractivity contribution in [2.75, 3.05) is 0 Å². The summed E-state index contributed by atoms with van der Waals surface area (Å²) in [5, 5.41) is 0. The molecule has 0 bridgehead atoms. The van der Waals surface area contributed by atoms with Crippen molar-refractivity contribution in [3.63, 3.8) is 0 Å². The molecular weight excluding hydrogens is 292 g/mol. The second-order valence-corrected chi connectivity index (χ2v) is 3.92. The second-order valence-electron chi connectivity index (χ2n) is 2.84.